The molecule has 0 amide bonds. The number of hydrogen-bond donors (Lipinski definition) is 0. The van der Waals surface area contributed by atoms with Crippen LogP contribution in [0.15, 0.2) is 195 Å². The normalized spacial score (nSPS) is 13.1. The summed E-state index contributed by atoms with van der Waals surface area (Å²) in [5.74, 6) is 1.49. The summed E-state index contributed by atoms with van der Waals surface area (Å²) >= 11 is 0. The Bertz CT molecular complexity index is 4350. The summed E-state index contributed by atoms with van der Waals surface area (Å²) in [6.45, 7) is 0. The summed E-state index contributed by atoms with van der Waals surface area (Å²) in [6.07, 6.45) is 7.47. The van der Waals surface area contributed by atoms with E-state index in [1.165, 1.54) is 10.8 Å². The molecule has 0 saturated carbocycles. The van der Waals surface area contributed by atoms with Crippen LogP contribution in [0.4, 0.5) is 0 Å². The van der Waals surface area contributed by atoms with Crippen molar-refractivity contribution in [2.75, 3.05) is 0 Å². The maximum atomic E-state index is 9.83. The van der Waals surface area contributed by atoms with Gasteiger partial charge in [0.1, 0.15) is 11.5 Å². The second kappa shape index (κ2) is 13.6. The molecule has 1 spiro atoms. The van der Waals surface area contributed by atoms with Crippen molar-refractivity contribution >= 4 is 65.4 Å². The molecule has 1 aliphatic heterocycles. The highest BCUT2D eigenvalue weighted by Gasteiger charge is 2.52. The van der Waals surface area contributed by atoms with Crippen LogP contribution in [0, 0.1) is 22.7 Å². The Morgan fingerprint density at radius 3 is 1.42 bits per heavy atom. The predicted octanol–water partition coefficient (Wildman–Crippen LogP) is 13.4. The summed E-state index contributed by atoms with van der Waals surface area (Å²) < 4.78 is 14.1. The number of ether oxygens (including phenoxy) is 1. The summed E-state index contributed by atoms with van der Waals surface area (Å²) in [6, 6.07) is 63.5. The van der Waals surface area contributed by atoms with Gasteiger partial charge >= 0.3 is 0 Å². The van der Waals surface area contributed by atoms with Crippen LogP contribution in [-0.2, 0) is 5.41 Å². The van der Waals surface area contributed by atoms with Gasteiger partial charge in [0.05, 0.1) is 79.4 Å². The molecule has 7 heterocycles. The lowest BCUT2D eigenvalue weighted by Gasteiger charge is -2.39. The zero-order valence-electron chi connectivity index (χ0n) is 36.5. The first-order valence-corrected chi connectivity index (χ1v) is 22.8. The molecule has 0 unspecified atom stereocenters. The highest BCUT2D eigenvalue weighted by molar-refractivity contribution is 6.13. The van der Waals surface area contributed by atoms with E-state index in [9.17, 15) is 10.5 Å². The number of para-hydroxylation sites is 2. The van der Waals surface area contributed by atoms with Crippen molar-refractivity contribution in [3.05, 3.63) is 228 Å². The standard InChI is InChI=1S/C60H32N8O/c61-32-35-13-20-52-43(27-35)44-28-36(33-62)14-21-53(44)66(52)37-17-22-54-45(29-37)42-23-26-63-34-55(42)68(54)39-16-19-47-57(31-39)69-56-30-38(67-50-11-3-1-7-40(50)41-8-2-4-12-51(41)67)15-18-46(56)60(47)48-9-5-24-64-58(48)59-49(60)10-6-25-65-59/h1-31,34H. The van der Waals surface area contributed by atoms with E-state index in [1.807, 2.05) is 73.3 Å². The first kappa shape index (κ1) is 37.4. The third-order valence-electron chi connectivity index (χ3n) is 14.5. The van der Waals surface area contributed by atoms with Crippen molar-refractivity contribution in [1.82, 2.24) is 28.7 Å². The molecule has 0 saturated heterocycles. The fourth-order valence-electron chi connectivity index (χ4n) is 11.8. The minimum absolute atomic E-state index is 0.566. The molecule has 0 atom stereocenters. The molecule has 0 fully saturated rings. The predicted molar refractivity (Wildman–Crippen MR) is 270 cm³/mol. The molecule has 1 aliphatic carbocycles. The van der Waals surface area contributed by atoms with Crippen LogP contribution in [0.25, 0.3) is 93.9 Å². The van der Waals surface area contributed by atoms with E-state index in [-0.39, 0.29) is 0 Å². The largest absolute Gasteiger partial charge is 0.457 e. The van der Waals surface area contributed by atoms with Gasteiger partial charge in [-0.1, -0.05) is 60.7 Å². The van der Waals surface area contributed by atoms with Gasteiger partial charge in [0.25, 0.3) is 0 Å². The SMILES string of the molecule is N#Cc1ccc2c(c1)c1cc(C#N)ccc1n2-c1ccc2c(c1)c1ccncc1n2-c1ccc2c(c1)Oc1cc(-n3c4ccccc4c4ccccc43)ccc1C21c2cccnc2-c2ncccc21. The van der Waals surface area contributed by atoms with Crippen molar-refractivity contribution in [1.29, 1.82) is 10.5 Å². The van der Waals surface area contributed by atoms with Gasteiger partial charge in [0, 0.05) is 91.2 Å². The lowest BCUT2D eigenvalue weighted by Crippen LogP contribution is -2.32. The molecule has 0 radical (unpaired) electrons. The summed E-state index contributed by atoms with van der Waals surface area (Å²) in [4.78, 5) is 14.6. The molecule has 0 N–H and O–H groups in total. The highest BCUT2D eigenvalue weighted by atomic mass is 16.5. The fourth-order valence-corrected chi connectivity index (χ4v) is 11.8. The number of aromatic nitrogens is 6. The van der Waals surface area contributed by atoms with Gasteiger partial charge in [-0.2, -0.15) is 10.5 Å². The van der Waals surface area contributed by atoms with Crippen molar-refractivity contribution < 1.29 is 4.74 Å². The van der Waals surface area contributed by atoms with Crippen LogP contribution in [0.1, 0.15) is 33.4 Å². The number of rotatable bonds is 3. The lowest BCUT2D eigenvalue weighted by atomic mass is 9.66. The van der Waals surface area contributed by atoms with Gasteiger partial charge in [0.2, 0.25) is 0 Å². The van der Waals surface area contributed by atoms with Gasteiger partial charge in [0.15, 0.2) is 0 Å². The fraction of sp³-hybridized carbons (Fsp3) is 0.0167. The van der Waals surface area contributed by atoms with Crippen LogP contribution in [0.5, 0.6) is 11.5 Å². The average molecular weight is 881 g/mol. The van der Waals surface area contributed by atoms with E-state index in [4.69, 9.17) is 14.7 Å². The molecule has 7 aromatic carbocycles. The number of nitriles is 2. The third kappa shape index (κ3) is 4.87. The zero-order chi connectivity index (χ0) is 45.5. The molecular weight excluding hydrogens is 849 g/mol. The van der Waals surface area contributed by atoms with E-state index >= 15 is 0 Å². The zero-order valence-corrected chi connectivity index (χ0v) is 36.5. The Morgan fingerprint density at radius 2 is 0.855 bits per heavy atom. The van der Waals surface area contributed by atoms with Gasteiger partial charge in [-0.05, 0) is 108 Å². The number of hydrogen-bond acceptors (Lipinski definition) is 6. The maximum absolute atomic E-state index is 9.83. The molecule has 9 heteroatoms. The Hall–Kier alpha value is -9.83. The Balaban J connectivity index is 0.957. The van der Waals surface area contributed by atoms with Crippen molar-refractivity contribution in [2.45, 2.75) is 5.41 Å². The summed E-state index contributed by atoms with van der Waals surface area (Å²) in [7, 11) is 0. The van der Waals surface area contributed by atoms with Crippen molar-refractivity contribution in [3.8, 4) is 52.1 Å². The first-order valence-electron chi connectivity index (χ1n) is 22.8. The molecule has 9 nitrogen and oxygen atoms in total. The number of fused-ring (bicyclic) bond motifs is 18. The minimum Gasteiger partial charge on any atom is -0.457 e. The highest BCUT2D eigenvalue weighted by Crippen LogP contribution is 2.61. The maximum Gasteiger partial charge on any atom is 0.134 e. The number of nitrogens with zero attached hydrogens (tertiary/aromatic N) is 8. The molecule has 318 valence electrons. The quantitative estimate of drug-likeness (QED) is 0.175. The van der Waals surface area contributed by atoms with Crippen molar-refractivity contribution in [3.63, 3.8) is 0 Å². The topological polar surface area (TPSA) is 110 Å². The van der Waals surface area contributed by atoms with Crippen LogP contribution >= 0.6 is 0 Å². The van der Waals surface area contributed by atoms with Gasteiger partial charge in [-0.25, -0.2) is 0 Å². The smallest absolute Gasteiger partial charge is 0.134 e. The molecule has 2 aliphatic rings. The summed E-state index contributed by atoms with van der Waals surface area (Å²) in [5, 5.41) is 26.0. The molecule has 6 aromatic heterocycles. The molecule has 69 heavy (non-hydrogen) atoms. The number of pyridine rings is 3. The average Bonchev–Trinajstić information content (AvgIpc) is 4.12. The summed E-state index contributed by atoms with van der Waals surface area (Å²) in [5.41, 5.74) is 15.3. The molecule has 15 rings (SSSR count). The van der Waals surface area contributed by atoms with Gasteiger partial charge in [-0.3, -0.25) is 15.0 Å². The Morgan fingerprint density at radius 1 is 0.391 bits per heavy atom. The van der Waals surface area contributed by atoms with E-state index < -0.39 is 5.41 Å². The van der Waals surface area contributed by atoms with E-state index in [1.54, 1.807) is 0 Å². The monoisotopic (exact) mass is 880 g/mol. The van der Waals surface area contributed by atoms with Crippen LogP contribution < -0.4 is 4.74 Å². The van der Waals surface area contributed by atoms with E-state index in [0.29, 0.717) is 11.1 Å². The second-order valence-electron chi connectivity index (χ2n) is 17.8. The van der Waals surface area contributed by atoms with Gasteiger partial charge in [-0.15, -0.1) is 0 Å². The third-order valence-corrected chi connectivity index (χ3v) is 14.5. The Labute approximate surface area is 393 Å². The molecule has 0 bridgehead atoms. The van der Waals surface area contributed by atoms with Crippen LogP contribution in [0.2, 0.25) is 0 Å². The first-order chi connectivity index (χ1) is 34.1. The molecular formula is C60H32N8O. The van der Waals surface area contributed by atoms with Gasteiger partial charge < -0.3 is 18.4 Å². The van der Waals surface area contributed by atoms with E-state index in [0.717, 1.165) is 117 Å². The number of benzene rings is 7. The van der Waals surface area contributed by atoms with Crippen molar-refractivity contribution in [2.24, 2.45) is 0 Å². The minimum atomic E-state index is -0.768. The van der Waals surface area contributed by atoms with E-state index in [2.05, 4.69) is 152 Å². The Kier molecular flexibility index (Phi) is 7.38. The molecule has 13 aromatic rings. The van der Waals surface area contributed by atoms with Crippen LogP contribution in [-0.4, -0.2) is 28.7 Å². The lowest BCUT2D eigenvalue weighted by molar-refractivity contribution is 0.436. The van der Waals surface area contributed by atoms with Crippen LogP contribution in [0.3, 0.4) is 0 Å². The second-order valence-corrected chi connectivity index (χ2v) is 17.8.